The first-order chi connectivity index (χ1) is 9.76. The van der Waals surface area contributed by atoms with Crippen LogP contribution in [0.1, 0.15) is 46.1 Å². The monoisotopic (exact) mass is 308 g/mol. The molecule has 0 N–H and O–H groups in total. The van der Waals surface area contributed by atoms with E-state index in [2.05, 4.69) is 0 Å². The van der Waals surface area contributed by atoms with Crippen molar-refractivity contribution in [1.82, 2.24) is 0 Å². The van der Waals surface area contributed by atoms with E-state index >= 15 is 0 Å². The number of ether oxygens (including phenoxy) is 1. The van der Waals surface area contributed by atoms with Crippen molar-refractivity contribution in [3.05, 3.63) is 35.9 Å². The van der Waals surface area contributed by atoms with Crippen molar-refractivity contribution in [1.29, 1.82) is 0 Å². The van der Waals surface area contributed by atoms with Gasteiger partial charge in [-0.2, -0.15) is 0 Å². The summed E-state index contributed by atoms with van der Waals surface area (Å²) in [5, 5.41) is 0.146. The van der Waals surface area contributed by atoms with Gasteiger partial charge in [0.15, 0.2) is 5.12 Å². The zero-order chi connectivity index (χ0) is 15.9. The molecule has 1 unspecified atom stereocenters. The van der Waals surface area contributed by atoms with Gasteiger partial charge in [-0.3, -0.25) is 9.59 Å². The highest BCUT2D eigenvalue weighted by Crippen LogP contribution is 2.26. The van der Waals surface area contributed by atoms with Crippen molar-refractivity contribution in [3.63, 3.8) is 0 Å². The van der Waals surface area contributed by atoms with Crippen LogP contribution in [0.5, 0.6) is 0 Å². The number of carbonyl (C=O) groups excluding carboxylic acids is 2. The van der Waals surface area contributed by atoms with Crippen molar-refractivity contribution >= 4 is 22.8 Å². The van der Waals surface area contributed by atoms with E-state index in [1.165, 1.54) is 18.7 Å². The zero-order valence-electron chi connectivity index (χ0n) is 13.2. The molecule has 0 bridgehead atoms. The summed E-state index contributed by atoms with van der Waals surface area (Å²) in [4.78, 5) is 23.1. The first kappa shape index (κ1) is 17.8. The van der Waals surface area contributed by atoms with Gasteiger partial charge in [-0.05, 0) is 12.0 Å². The molecule has 0 aliphatic carbocycles. The summed E-state index contributed by atoms with van der Waals surface area (Å²) in [6.45, 7) is 7.46. The highest BCUT2D eigenvalue weighted by Gasteiger charge is 2.19. The molecule has 1 aromatic rings. The third kappa shape index (κ3) is 8.56. The molecule has 1 rings (SSSR count). The lowest BCUT2D eigenvalue weighted by molar-refractivity contribution is -0.146. The average molecular weight is 308 g/mol. The first-order valence-electron chi connectivity index (χ1n) is 7.19. The van der Waals surface area contributed by atoms with Gasteiger partial charge < -0.3 is 4.74 Å². The normalized spacial score (nSPS) is 12.8. The summed E-state index contributed by atoms with van der Waals surface area (Å²) in [5.41, 5.74) is 1.11. The van der Waals surface area contributed by atoms with Gasteiger partial charge in [0.05, 0.1) is 0 Å². The highest BCUT2D eigenvalue weighted by molar-refractivity contribution is 8.14. The van der Waals surface area contributed by atoms with Crippen molar-refractivity contribution in [2.45, 2.75) is 57.8 Å². The SMILES string of the molecule is CC(=O)OC(CCC(=O)SC(C)(C)C)Cc1ccccc1. The molecular formula is C17H24O3S. The Morgan fingerprint density at radius 3 is 2.33 bits per heavy atom. The Bertz CT molecular complexity index is 463. The Morgan fingerprint density at radius 2 is 1.81 bits per heavy atom. The zero-order valence-corrected chi connectivity index (χ0v) is 14.0. The molecule has 1 atom stereocenters. The van der Waals surface area contributed by atoms with Crippen LogP contribution in [-0.4, -0.2) is 21.9 Å². The Hall–Kier alpha value is -1.29. The van der Waals surface area contributed by atoms with Gasteiger partial charge in [-0.1, -0.05) is 62.9 Å². The largest absolute Gasteiger partial charge is 0.462 e. The Labute approximate surface area is 131 Å². The molecule has 0 aromatic heterocycles. The van der Waals surface area contributed by atoms with E-state index in [0.717, 1.165) is 5.56 Å². The minimum Gasteiger partial charge on any atom is -0.462 e. The standard InChI is InChI=1S/C17H24O3S/c1-13(18)20-15(12-14-8-6-5-7-9-14)10-11-16(19)21-17(2,3)4/h5-9,15H,10-12H2,1-4H3. The number of rotatable bonds is 6. The molecule has 0 spiro atoms. The summed E-state index contributed by atoms with van der Waals surface area (Å²) in [6.07, 6.45) is 1.39. The van der Waals surface area contributed by atoms with Crippen LogP contribution in [0, 0.1) is 0 Å². The molecule has 0 heterocycles. The number of hydrogen-bond donors (Lipinski definition) is 0. The fourth-order valence-electron chi connectivity index (χ4n) is 1.99. The van der Waals surface area contributed by atoms with Crippen LogP contribution >= 0.6 is 11.8 Å². The molecule has 0 aliphatic heterocycles. The third-order valence-corrected chi connectivity index (χ3v) is 3.77. The molecular weight excluding hydrogens is 284 g/mol. The van der Waals surface area contributed by atoms with E-state index in [1.807, 2.05) is 51.1 Å². The fourth-order valence-corrected chi connectivity index (χ4v) is 2.89. The Morgan fingerprint density at radius 1 is 1.19 bits per heavy atom. The van der Waals surface area contributed by atoms with Gasteiger partial charge in [0.1, 0.15) is 6.10 Å². The van der Waals surface area contributed by atoms with Crippen molar-refractivity contribution in [3.8, 4) is 0 Å². The summed E-state index contributed by atoms with van der Waals surface area (Å²) in [5.74, 6) is -0.299. The van der Waals surface area contributed by atoms with Crippen molar-refractivity contribution < 1.29 is 14.3 Å². The maximum Gasteiger partial charge on any atom is 0.302 e. The van der Waals surface area contributed by atoms with Gasteiger partial charge in [-0.25, -0.2) is 0 Å². The van der Waals surface area contributed by atoms with Crippen LogP contribution in [0.4, 0.5) is 0 Å². The van der Waals surface area contributed by atoms with E-state index in [0.29, 0.717) is 19.3 Å². The quantitative estimate of drug-likeness (QED) is 0.745. The molecule has 0 amide bonds. The number of hydrogen-bond acceptors (Lipinski definition) is 4. The first-order valence-corrected chi connectivity index (χ1v) is 8.01. The van der Waals surface area contributed by atoms with Gasteiger partial charge in [0, 0.05) is 24.5 Å². The molecule has 4 heteroatoms. The molecule has 0 saturated carbocycles. The van der Waals surface area contributed by atoms with Crippen LogP contribution < -0.4 is 0 Å². The number of thioether (sulfide) groups is 1. The minimum absolute atomic E-state index is 0.0759. The predicted octanol–water partition coefficient (Wildman–Crippen LogP) is 4.00. The Balaban J connectivity index is 2.54. The van der Waals surface area contributed by atoms with Crippen molar-refractivity contribution in [2.75, 3.05) is 0 Å². The molecule has 0 radical (unpaired) electrons. The van der Waals surface area contributed by atoms with Crippen LogP contribution in [0.2, 0.25) is 0 Å². The van der Waals surface area contributed by atoms with Gasteiger partial charge in [0.2, 0.25) is 0 Å². The molecule has 0 aliphatic rings. The topological polar surface area (TPSA) is 43.4 Å². The molecule has 21 heavy (non-hydrogen) atoms. The second-order valence-corrected chi connectivity index (χ2v) is 7.93. The maximum absolute atomic E-state index is 11.9. The van der Waals surface area contributed by atoms with Crippen LogP contribution in [0.15, 0.2) is 30.3 Å². The van der Waals surface area contributed by atoms with Gasteiger partial charge in [-0.15, -0.1) is 0 Å². The van der Waals surface area contributed by atoms with Gasteiger partial charge >= 0.3 is 5.97 Å². The van der Waals surface area contributed by atoms with Gasteiger partial charge in [0.25, 0.3) is 0 Å². The summed E-state index contributed by atoms with van der Waals surface area (Å²) < 4.78 is 5.26. The molecule has 3 nitrogen and oxygen atoms in total. The van der Waals surface area contributed by atoms with Crippen molar-refractivity contribution in [2.24, 2.45) is 0 Å². The van der Waals surface area contributed by atoms with Crippen LogP contribution in [0.25, 0.3) is 0 Å². The second kappa shape index (κ2) is 8.23. The molecule has 0 fully saturated rings. The Kier molecular flexibility index (Phi) is 6.96. The summed E-state index contributed by atoms with van der Waals surface area (Å²) >= 11 is 1.34. The van der Waals surface area contributed by atoms with E-state index in [9.17, 15) is 9.59 Å². The average Bonchev–Trinajstić information content (AvgIpc) is 2.34. The van der Waals surface area contributed by atoms with E-state index < -0.39 is 0 Å². The smallest absolute Gasteiger partial charge is 0.302 e. The highest BCUT2D eigenvalue weighted by atomic mass is 32.2. The second-order valence-electron chi connectivity index (χ2n) is 6.05. The third-order valence-electron chi connectivity index (χ3n) is 2.73. The number of benzene rings is 1. The fraction of sp³-hybridized carbons (Fsp3) is 0.529. The minimum atomic E-state index is -0.299. The van der Waals surface area contributed by atoms with E-state index in [-0.39, 0.29) is 21.9 Å². The number of esters is 1. The molecule has 0 saturated heterocycles. The maximum atomic E-state index is 11.9. The van der Waals surface area contributed by atoms with E-state index in [4.69, 9.17) is 4.74 Å². The lowest BCUT2D eigenvalue weighted by atomic mass is 10.0. The number of carbonyl (C=O) groups is 2. The van der Waals surface area contributed by atoms with E-state index in [1.54, 1.807) is 0 Å². The summed E-state index contributed by atoms with van der Waals surface area (Å²) in [6, 6.07) is 9.87. The van der Waals surface area contributed by atoms with Crippen LogP contribution in [-0.2, 0) is 20.7 Å². The molecule has 116 valence electrons. The predicted molar refractivity (Wildman–Crippen MR) is 87.3 cm³/mol. The van der Waals surface area contributed by atoms with Crippen LogP contribution in [0.3, 0.4) is 0 Å². The molecule has 1 aromatic carbocycles. The lowest BCUT2D eigenvalue weighted by Gasteiger charge is -2.19. The summed E-state index contributed by atoms with van der Waals surface area (Å²) in [7, 11) is 0. The lowest BCUT2D eigenvalue weighted by Crippen LogP contribution is -2.21.